The van der Waals surface area contributed by atoms with Crippen molar-refractivity contribution in [3.05, 3.63) is 54.4 Å². The molecule has 6 nitrogen and oxygen atoms in total. The Morgan fingerprint density at radius 2 is 1.79 bits per heavy atom. The molecule has 1 saturated heterocycles. The Morgan fingerprint density at radius 1 is 1.11 bits per heavy atom. The van der Waals surface area contributed by atoms with Crippen molar-refractivity contribution >= 4 is 17.0 Å². The lowest BCUT2D eigenvalue weighted by Crippen LogP contribution is -2.44. The van der Waals surface area contributed by atoms with Crippen molar-refractivity contribution in [1.82, 2.24) is 9.88 Å². The van der Waals surface area contributed by atoms with E-state index < -0.39 is 6.10 Å². The monoisotopic (exact) mass is 380 g/mol. The first-order valence-electron chi connectivity index (χ1n) is 9.59. The molecule has 28 heavy (non-hydrogen) atoms. The molecule has 1 aliphatic rings. The van der Waals surface area contributed by atoms with Crippen molar-refractivity contribution in [2.75, 3.05) is 20.2 Å². The Hall–Kier alpha value is -3.02. The minimum absolute atomic E-state index is 0.0121. The second-order valence-corrected chi connectivity index (χ2v) is 7.03. The Bertz CT molecular complexity index is 927. The topological polar surface area (TPSA) is 64.8 Å². The summed E-state index contributed by atoms with van der Waals surface area (Å²) in [5, 5.41) is 0. The van der Waals surface area contributed by atoms with Crippen LogP contribution in [-0.4, -0.2) is 42.1 Å². The van der Waals surface area contributed by atoms with Crippen molar-refractivity contribution in [2.24, 2.45) is 0 Å². The number of methoxy groups -OCH3 is 1. The lowest BCUT2D eigenvalue weighted by atomic mass is 9.96. The largest absolute Gasteiger partial charge is 0.493 e. The van der Waals surface area contributed by atoms with Gasteiger partial charge in [0, 0.05) is 19.0 Å². The third-order valence-corrected chi connectivity index (χ3v) is 5.19. The van der Waals surface area contributed by atoms with E-state index in [2.05, 4.69) is 4.98 Å². The van der Waals surface area contributed by atoms with Crippen molar-refractivity contribution in [3.63, 3.8) is 0 Å². The molecule has 1 amide bonds. The predicted octanol–water partition coefficient (Wildman–Crippen LogP) is 4.01. The number of ether oxygens (including phenoxy) is 2. The van der Waals surface area contributed by atoms with Gasteiger partial charge in [-0.05, 0) is 44.0 Å². The van der Waals surface area contributed by atoms with E-state index in [0.717, 1.165) is 29.8 Å². The van der Waals surface area contributed by atoms with E-state index in [-0.39, 0.29) is 11.8 Å². The van der Waals surface area contributed by atoms with Crippen molar-refractivity contribution in [1.29, 1.82) is 0 Å². The number of rotatable bonds is 5. The fourth-order valence-corrected chi connectivity index (χ4v) is 3.63. The van der Waals surface area contributed by atoms with Crippen LogP contribution in [0.1, 0.15) is 31.6 Å². The van der Waals surface area contributed by atoms with Crippen LogP contribution in [0, 0.1) is 0 Å². The molecule has 0 N–H and O–H groups in total. The molecular weight excluding hydrogens is 356 g/mol. The average molecular weight is 380 g/mol. The fourth-order valence-electron chi connectivity index (χ4n) is 3.63. The number of aromatic nitrogens is 1. The zero-order chi connectivity index (χ0) is 19.5. The lowest BCUT2D eigenvalue weighted by Gasteiger charge is -2.32. The molecule has 146 valence electrons. The maximum absolute atomic E-state index is 12.8. The molecule has 1 fully saturated rings. The van der Waals surface area contributed by atoms with Crippen LogP contribution >= 0.6 is 0 Å². The third-order valence-electron chi connectivity index (χ3n) is 5.19. The maximum Gasteiger partial charge on any atom is 0.263 e. The van der Waals surface area contributed by atoms with E-state index >= 15 is 0 Å². The van der Waals surface area contributed by atoms with Gasteiger partial charge in [0.05, 0.1) is 7.11 Å². The first-order valence-corrected chi connectivity index (χ1v) is 9.59. The molecule has 2 aromatic carbocycles. The molecule has 1 aliphatic heterocycles. The van der Waals surface area contributed by atoms with Crippen molar-refractivity contribution < 1.29 is 18.7 Å². The molecule has 1 atom stereocenters. The summed E-state index contributed by atoms with van der Waals surface area (Å²) >= 11 is 0. The van der Waals surface area contributed by atoms with Crippen LogP contribution in [0.25, 0.3) is 11.1 Å². The van der Waals surface area contributed by atoms with E-state index in [1.165, 1.54) is 0 Å². The van der Waals surface area contributed by atoms with Gasteiger partial charge < -0.3 is 18.8 Å². The number of para-hydroxylation sites is 4. The van der Waals surface area contributed by atoms with Crippen LogP contribution in [0.3, 0.4) is 0 Å². The summed E-state index contributed by atoms with van der Waals surface area (Å²) in [5.41, 5.74) is 1.70. The standard InChI is InChI=1S/C22H24N2O4/c1-15(27-20-10-6-5-9-19(20)26-2)22(25)24-13-11-16(12-14-24)21-23-17-7-3-4-8-18(17)28-21/h3-10,15-16H,11-14H2,1-2H3. The van der Waals surface area contributed by atoms with Crippen LogP contribution < -0.4 is 9.47 Å². The van der Waals surface area contributed by atoms with Gasteiger partial charge in [-0.3, -0.25) is 4.79 Å². The van der Waals surface area contributed by atoms with Gasteiger partial charge in [-0.1, -0.05) is 24.3 Å². The fraction of sp³-hybridized carbons (Fsp3) is 0.364. The number of amides is 1. The van der Waals surface area contributed by atoms with E-state index in [0.29, 0.717) is 24.6 Å². The number of benzene rings is 2. The van der Waals surface area contributed by atoms with Crippen LogP contribution in [0.2, 0.25) is 0 Å². The molecule has 0 spiro atoms. The zero-order valence-corrected chi connectivity index (χ0v) is 16.1. The van der Waals surface area contributed by atoms with E-state index in [9.17, 15) is 4.79 Å². The molecule has 0 radical (unpaired) electrons. The van der Waals surface area contributed by atoms with Gasteiger partial charge in [0.25, 0.3) is 5.91 Å². The predicted molar refractivity (Wildman–Crippen MR) is 106 cm³/mol. The molecular formula is C22H24N2O4. The number of piperidine rings is 1. The highest BCUT2D eigenvalue weighted by Gasteiger charge is 2.30. The van der Waals surface area contributed by atoms with E-state index in [1.54, 1.807) is 14.0 Å². The average Bonchev–Trinajstić information content (AvgIpc) is 3.18. The molecule has 1 aromatic heterocycles. The van der Waals surface area contributed by atoms with E-state index in [4.69, 9.17) is 13.9 Å². The van der Waals surface area contributed by atoms with Crippen molar-refractivity contribution in [3.8, 4) is 11.5 Å². The molecule has 0 aliphatic carbocycles. The van der Waals surface area contributed by atoms with Gasteiger partial charge >= 0.3 is 0 Å². The summed E-state index contributed by atoms with van der Waals surface area (Å²) in [6.07, 6.45) is 1.09. The molecule has 6 heteroatoms. The summed E-state index contributed by atoms with van der Waals surface area (Å²) < 4.78 is 17.0. The number of likely N-dealkylation sites (tertiary alicyclic amines) is 1. The first-order chi connectivity index (χ1) is 13.7. The molecule has 3 aromatic rings. The Balaban J connectivity index is 1.36. The Kier molecular flexibility index (Phi) is 5.19. The minimum Gasteiger partial charge on any atom is -0.493 e. The van der Waals surface area contributed by atoms with Gasteiger partial charge in [0.2, 0.25) is 0 Å². The molecule has 2 heterocycles. The summed E-state index contributed by atoms with van der Waals surface area (Å²) in [4.78, 5) is 19.3. The number of oxazole rings is 1. The second-order valence-electron chi connectivity index (χ2n) is 7.03. The summed E-state index contributed by atoms with van der Waals surface area (Å²) in [5.74, 6) is 2.19. The number of fused-ring (bicyclic) bond motifs is 1. The highest BCUT2D eigenvalue weighted by molar-refractivity contribution is 5.81. The SMILES string of the molecule is COc1ccccc1OC(C)C(=O)N1CCC(c2nc3ccccc3o2)CC1. The van der Waals surface area contributed by atoms with Crippen molar-refractivity contribution in [2.45, 2.75) is 31.8 Å². The Labute approximate surface area is 164 Å². The molecule has 0 saturated carbocycles. The molecule has 4 rings (SSSR count). The number of carbonyl (C=O) groups is 1. The van der Waals surface area contributed by atoms with Gasteiger partial charge in [0.1, 0.15) is 5.52 Å². The summed E-state index contributed by atoms with van der Waals surface area (Å²) in [7, 11) is 1.59. The highest BCUT2D eigenvalue weighted by atomic mass is 16.5. The lowest BCUT2D eigenvalue weighted by molar-refractivity contribution is -0.139. The van der Waals surface area contributed by atoms with E-state index in [1.807, 2.05) is 53.4 Å². The van der Waals surface area contributed by atoms with Crippen LogP contribution in [0.15, 0.2) is 52.9 Å². The van der Waals surface area contributed by atoms with Gasteiger partial charge in [-0.25, -0.2) is 4.98 Å². The van der Waals surface area contributed by atoms with Gasteiger partial charge in [-0.2, -0.15) is 0 Å². The number of carbonyl (C=O) groups excluding carboxylic acids is 1. The first kappa shape index (κ1) is 18.3. The minimum atomic E-state index is -0.572. The highest BCUT2D eigenvalue weighted by Crippen LogP contribution is 2.31. The van der Waals surface area contributed by atoms with Crippen LogP contribution in [-0.2, 0) is 4.79 Å². The third kappa shape index (κ3) is 3.67. The Morgan fingerprint density at radius 3 is 2.50 bits per heavy atom. The number of hydrogen-bond acceptors (Lipinski definition) is 5. The van der Waals surface area contributed by atoms with Gasteiger partial charge in [-0.15, -0.1) is 0 Å². The maximum atomic E-state index is 12.8. The van der Waals surface area contributed by atoms with Crippen LogP contribution in [0.5, 0.6) is 11.5 Å². The quantitative estimate of drug-likeness (QED) is 0.669. The second kappa shape index (κ2) is 7.92. The smallest absolute Gasteiger partial charge is 0.263 e. The zero-order valence-electron chi connectivity index (χ0n) is 16.1. The summed E-state index contributed by atoms with van der Waals surface area (Å²) in [6.45, 7) is 3.12. The number of nitrogens with zero attached hydrogens (tertiary/aromatic N) is 2. The normalized spacial score (nSPS) is 16.1. The van der Waals surface area contributed by atoms with Gasteiger partial charge in [0.15, 0.2) is 29.1 Å². The number of hydrogen-bond donors (Lipinski definition) is 0. The molecule has 0 bridgehead atoms. The molecule has 1 unspecified atom stereocenters. The van der Waals surface area contributed by atoms with Crippen LogP contribution in [0.4, 0.5) is 0 Å². The summed E-state index contributed by atoms with van der Waals surface area (Å²) in [6, 6.07) is 15.1.